The number of rotatable bonds is 7. The van der Waals surface area contributed by atoms with Crippen molar-refractivity contribution in [2.24, 2.45) is 0 Å². The molecule has 1 heterocycles. The van der Waals surface area contributed by atoms with Gasteiger partial charge in [-0.15, -0.1) is 0 Å². The normalized spacial score (nSPS) is 12.9. The van der Waals surface area contributed by atoms with Gasteiger partial charge < -0.3 is 14.8 Å². The smallest absolute Gasteiger partial charge is 0.248 e. The second-order valence-electron chi connectivity index (χ2n) is 7.21. The van der Waals surface area contributed by atoms with Gasteiger partial charge in [-0.1, -0.05) is 36.4 Å². The number of carbonyl (C=O) groups excluding carboxylic acids is 1. The van der Waals surface area contributed by atoms with Crippen LogP contribution in [0.25, 0.3) is 6.08 Å². The Morgan fingerprint density at radius 2 is 1.72 bits per heavy atom. The first kappa shape index (κ1) is 21.6. The number of ether oxygens (including phenoxy) is 2. The van der Waals surface area contributed by atoms with Crippen molar-refractivity contribution in [1.82, 2.24) is 4.31 Å². The molecule has 0 bridgehead atoms. The van der Waals surface area contributed by atoms with E-state index >= 15 is 0 Å². The average molecular weight is 451 g/mol. The van der Waals surface area contributed by atoms with Gasteiger partial charge in [-0.2, -0.15) is 4.31 Å². The maximum Gasteiger partial charge on any atom is 0.248 e. The summed E-state index contributed by atoms with van der Waals surface area (Å²) in [5, 5.41) is 2.72. The highest BCUT2D eigenvalue weighted by molar-refractivity contribution is 7.89. The summed E-state index contributed by atoms with van der Waals surface area (Å²) in [6.07, 6.45) is 3.06. The number of nitrogens with zero attached hydrogens (tertiary/aromatic N) is 1. The molecule has 0 aromatic heterocycles. The van der Waals surface area contributed by atoms with Crippen LogP contribution in [0.5, 0.6) is 11.5 Å². The van der Waals surface area contributed by atoms with Gasteiger partial charge in [0.1, 0.15) is 0 Å². The molecule has 164 valence electrons. The van der Waals surface area contributed by atoms with Crippen LogP contribution in [0.3, 0.4) is 0 Å². The molecule has 4 rings (SSSR count). The Hall–Kier alpha value is -3.62. The summed E-state index contributed by atoms with van der Waals surface area (Å²) in [6, 6.07) is 20.9. The molecule has 1 aliphatic rings. The van der Waals surface area contributed by atoms with Gasteiger partial charge in [0, 0.05) is 25.4 Å². The molecule has 0 fully saturated rings. The predicted octanol–water partition coefficient (Wildman–Crippen LogP) is 3.89. The number of hydrogen-bond acceptors (Lipinski definition) is 5. The summed E-state index contributed by atoms with van der Waals surface area (Å²) in [4.78, 5) is 12.4. The fourth-order valence-corrected chi connectivity index (χ4v) is 4.35. The maximum atomic E-state index is 12.8. The molecule has 1 N–H and O–H groups in total. The molecule has 0 unspecified atom stereocenters. The van der Waals surface area contributed by atoms with Crippen molar-refractivity contribution in [2.45, 2.75) is 11.4 Å². The third-order valence-corrected chi connectivity index (χ3v) is 6.72. The van der Waals surface area contributed by atoms with E-state index in [1.54, 1.807) is 37.4 Å². The summed E-state index contributed by atoms with van der Waals surface area (Å²) < 4.78 is 37.5. The molecule has 1 amide bonds. The van der Waals surface area contributed by atoms with E-state index in [1.807, 2.05) is 36.4 Å². The third-order valence-electron chi connectivity index (χ3n) is 4.90. The minimum Gasteiger partial charge on any atom is -0.454 e. The molecule has 0 atom stereocenters. The molecule has 0 radical (unpaired) electrons. The van der Waals surface area contributed by atoms with Crippen LogP contribution in [0.2, 0.25) is 0 Å². The standard InChI is InChI=1S/C24H22N2O5S/c1-26(16-19-5-3-2-4-6-19)32(28,29)21-11-9-20(10-12-21)25-24(27)14-8-18-7-13-22-23(15-18)31-17-30-22/h2-15H,16-17H2,1H3,(H,25,27)/b14-8+. The van der Waals surface area contributed by atoms with Gasteiger partial charge in [-0.25, -0.2) is 8.42 Å². The summed E-state index contributed by atoms with van der Waals surface area (Å²) >= 11 is 0. The number of sulfonamides is 1. The van der Waals surface area contributed by atoms with Crippen molar-refractivity contribution >= 4 is 27.7 Å². The van der Waals surface area contributed by atoms with Crippen molar-refractivity contribution in [3.05, 3.63) is 90.0 Å². The number of anilines is 1. The molecule has 7 nitrogen and oxygen atoms in total. The van der Waals surface area contributed by atoms with E-state index in [4.69, 9.17) is 9.47 Å². The molecule has 8 heteroatoms. The Kier molecular flexibility index (Phi) is 6.25. The van der Waals surface area contributed by atoms with Gasteiger partial charge in [0.2, 0.25) is 22.7 Å². The fraction of sp³-hybridized carbons (Fsp3) is 0.125. The lowest BCUT2D eigenvalue weighted by molar-refractivity contribution is -0.111. The highest BCUT2D eigenvalue weighted by Gasteiger charge is 2.20. The minimum atomic E-state index is -3.65. The lowest BCUT2D eigenvalue weighted by Crippen LogP contribution is -2.26. The van der Waals surface area contributed by atoms with Gasteiger partial charge in [-0.05, 0) is 53.6 Å². The highest BCUT2D eigenvalue weighted by Crippen LogP contribution is 2.32. The third kappa shape index (κ3) is 4.99. The van der Waals surface area contributed by atoms with E-state index in [2.05, 4.69) is 5.32 Å². The number of amides is 1. The summed E-state index contributed by atoms with van der Waals surface area (Å²) in [5.74, 6) is 0.983. The zero-order chi connectivity index (χ0) is 22.6. The van der Waals surface area contributed by atoms with Crippen LogP contribution in [0.15, 0.2) is 83.8 Å². The van der Waals surface area contributed by atoms with Crippen molar-refractivity contribution in [2.75, 3.05) is 19.2 Å². The van der Waals surface area contributed by atoms with Crippen LogP contribution in [-0.2, 0) is 21.4 Å². The monoisotopic (exact) mass is 450 g/mol. The van der Waals surface area contributed by atoms with E-state index in [0.717, 1.165) is 11.1 Å². The Bertz CT molecular complexity index is 1240. The van der Waals surface area contributed by atoms with Crippen LogP contribution in [0, 0.1) is 0 Å². The van der Waals surface area contributed by atoms with E-state index in [-0.39, 0.29) is 24.1 Å². The van der Waals surface area contributed by atoms with Gasteiger partial charge in [-0.3, -0.25) is 4.79 Å². The Labute approximate surface area is 186 Å². The summed E-state index contributed by atoms with van der Waals surface area (Å²) in [7, 11) is -2.11. The van der Waals surface area contributed by atoms with Crippen molar-refractivity contribution in [3.63, 3.8) is 0 Å². The lowest BCUT2D eigenvalue weighted by Gasteiger charge is -2.17. The fourth-order valence-electron chi connectivity index (χ4n) is 3.19. The Balaban J connectivity index is 1.38. The van der Waals surface area contributed by atoms with Crippen molar-refractivity contribution in [3.8, 4) is 11.5 Å². The van der Waals surface area contributed by atoms with Crippen molar-refractivity contribution in [1.29, 1.82) is 0 Å². The summed E-state index contributed by atoms with van der Waals surface area (Å²) in [5.41, 5.74) is 2.19. The van der Waals surface area contributed by atoms with E-state index in [1.165, 1.54) is 22.5 Å². The maximum absolute atomic E-state index is 12.8. The number of fused-ring (bicyclic) bond motifs is 1. The van der Waals surface area contributed by atoms with Gasteiger partial charge in [0.05, 0.1) is 4.90 Å². The second kappa shape index (κ2) is 9.25. The topological polar surface area (TPSA) is 84.9 Å². The minimum absolute atomic E-state index is 0.157. The van der Waals surface area contributed by atoms with Crippen LogP contribution in [0.4, 0.5) is 5.69 Å². The number of benzene rings is 3. The molecule has 3 aromatic rings. The molecule has 0 saturated carbocycles. The molecule has 0 aliphatic carbocycles. The van der Waals surface area contributed by atoms with Crippen LogP contribution in [-0.4, -0.2) is 32.5 Å². The molecule has 3 aromatic carbocycles. The SMILES string of the molecule is CN(Cc1ccccc1)S(=O)(=O)c1ccc(NC(=O)/C=C/c2ccc3c(c2)OCO3)cc1. The molecule has 0 saturated heterocycles. The van der Waals surface area contributed by atoms with E-state index in [9.17, 15) is 13.2 Å². The van der Waals surface area contributed by atoms with Gasteiger partial charge in [0.25, 0.3) is 0 Å². The quantitative estimate of drug-likeness (QED) is 0.552. The van der Waals surface area contributed by atoms with Crippen LogP contribution < -0.4 is 14.8 Å². The Morgan fingerprint density at radius 3 is 2.47 bits per heavy atom. The van der Waals surface area contributed by atoms with Crippen LogP contribution >= 0.6 is 0 Å². The van der Waals surface area contributed by atoms with Crippen molar-refractivity contribution < 1.29 is 22.7 Å². The molecule has 0 spiro atoms. The lowest BCUT2D eigenvalue weighted by atomic mass is 10.2. The van der Waals surface area contributed by atoms with Crippen LogP contribution in [0.1, 0.15) is 11.1 Å². The zero-order valence-corrected chi connectivity index (χ0v) is 18.2. The van der Waals surface area contributed by atoms with E-state index < -0.39 is 10.0 Å². The first-order valence-electron chi connectivity index (χ1n) is 9.91. The largest absolute Gasteiger partial charge is 0.454 e. The highest BCUT2D eigenvalue weighted by atomic mass is 32.2. The first-order valence-corrected chi connectivity index (χ1v) is 11.3. The predicted molar refractivity (Wildman–Crippen MR) is 122 cm³/mol. The number of carbonyl (C=O) groups is 1. The number of nitrogens with one attached hydrogen (secondary N) is 1. The Morgan fingerprint density at radius 1 is 1.00 bits per heavy atom. The first-order chi connectivity index (χ1) is 15.4. The van der Waals surface area contributed by atoms with Gasteiger partial charge in [0.15, 0.2) is 11.5 Å². The van der Waals surface area contributed by atoms with E-state index in [0.29, 0.717) is 17.2 Å². The molecular formula is C24H22N2O5S. The average Bonchev–Trinajstić information content (AvgIpc) is 3.27. The second-order valence-corrected chi connectivity index (χ2v) is 9.25. The molecular weight excluding hydrogens is 428 g/mol. The molecule has 32 heavy (non-hydrogen) atoms. The zero-order valence-electron chi connectivity index (χ0n) is 17.4. The number of hydrogen-bond donors (Lipinski definition) is 1. The molecule has 1 aliphatic heterocycles. The summed E-state index contributed by atoms with van der Waals surface area (Å²) in [6.45, 7) is 0.461. The van der Waals surface area contributed by atoms with Gasteiger partial charge >= 0.3 is 0 Å².